The topological polar surface area (TPSA) is 69.0 Å². The molecule has 0 unspecified atom stereocenters. The van der Waals surface area contributed by atoms with Gasteiger partial charge in [-0.05, 0) is 28.7 Å². The highest BCUT2D eigenvalue weighted by molar-refractivity contribution is 5.90. The van der Waals surface area contributed by atoms with Gasteiger partial charge in [0.1, 0.15) is 5.75 Å². The Kier molecular flexibility index (Phi) is 5.54. The summed E-state index contributed by atoms with van der Waals surface area (Å²) in [6.07, 6.45) is 5.34. The van der Waals surface area contributed by atoms with Gasteiger partial charge in [0, 0.05) is 24.7 Å². The van der Waals surface area contributed by atoms with Crippen molar-refractivity contribution in [1.29, 1.82) is 0 Å². The maximum absolute atomic E-state index is 12.2. The second-order valence-corrected chi connectivity index (χ2v) is 7.34. The summed E-state index contributed by atoms with van der Waals surface area (Å²) in [4.78, 5) is 16.3. The number of nitrogens with zero attached hydrogens (tertiary/aromatic N) is 3. The molecular weight excluding hydrogens is 340 g/mol. The lowest BCUT2D eigenvalue weighted by atomic mass is 9.86. The zero-order chi connectivity index (χ0) is 19.3. The smallest absolute Gasteiger partial charge is 0.263 e. The number of nitrogens with one attached hydrogen (secondary N) is 1. The minimum absolute atomic E-state index is 0.0574. The molecule has 3 aromatic rings. The van der Waals surface area contributed by atoms with Gasteiger partial charge in [-0.2, -0.15) is 5.10 Å². The second kappa shape index (κ2) is 8.03. The van der Waals surface area contributed by atoms with Crippen molar-refractivity contribution in [1.82, 2.24) is 14.8 Å². The zero-order valence-corrected chi connectivity index (χ0v) is 15.8. The number of pyridine rings is 1. The van der Waals surface area contributed by atoms with E-state index in [9.17, 15) is 4.79 Å². The van der Waals surface area contributed by atoms with Crippen molar-refractivity contribution in [3.05, 3.63) is 72.2 Å². The average molecular weight is 364 g/mol. The Morgan fingerprint density at radius 2 is 1.96 bits per heavy atom. The number of amides is 1. The highest BCUT2D eigenvalue weighted by atomic mass is 16.5. The van der Waals surface area contributed by atoms with Gasteiger partial charge in [0.15, 0.2) is 12.4 Å². The maximum Gasteiger partial charge on any atom is 0.263 e. The molecule has 2 heterocycles. The third kappa shape index (κ3) is 5.17. The molecule has 0 atom stereocenters. The van der Waals surface area contributed by atoms with Crippen LogP contribution in [0.25, 0.3) is 0 Å². The number of hydrogen-bond acceptors (Lipinski definition) is 4. The van der Waals surface area contributed by atoms with Crippen LogP contribution in [-0.4, -0.2) is 27.3 Å². The molecular formula is C21H24N4O2. The number of anilines is 1. The Morgan fingerprint density at radius 3 is 2.70 bits per heavy atom. The minimum Gasteiger partial charge on any atom is -0.483 e. The summed E-state index contributed by atoms with van der Waals surface area (Å²) < 4.78 is 7.50. The van der Waals surface area contributed by atoms with E-state index >= 15 is 0 Å². The number of carbonyl (C=O) groups is 1. The van der Waals surface area contributed by atoms with Crippen LogP contribution in [0.5, 0.6) is 5.75 Å². The van der Waals surface area contributed by atoms with Crippen LogP contribution in [0, 0.1) is 0 Å². The van der Waals surface area contributed by atoms with E-state index in [0.29, 0.717) is 12.4 Å². The fourth-order valence-corrected chi connectivity index (χ4v) is 2.73. The van der Waals surface area contributed by atoms with Gasteiger partial charge in [-0.1, -0.05) is 45.0 Å². The molecule has 0 aliphatic carbocycles. The van der Waals surface area contributed by atoms with Crippen LogP contribution in [0.2, 0.25) is 0 Å². The summed E-state index contributed by atoms with van der Waals surface area (Å²) in [5, 5.41) is 7.12. The molecule has 2 aromatic heterocycles. The van der Waals surface area contributed by atoms with E-state index < -0.39 is 0 Å². The fourth-order valence-electron chi connectivity index (χ4n) is 2.73. The highest BCUT2D eigenvalue weighted by Crippen LogP contribution is 2.30. The van der Waals surface area contributed by atoms with Gasteiger partial charge < -0.3 is 10.1 Å². The number of carbonyl (C=O) groups excluding carboxylic acids is 1. The molecule has 6 nitrogen and oxygen atoms in total. The SMILES string of the molecule is CC(C)(C)c1ccccc1OCC(=O)Nc1ccn(Cc2cccnc2)n1. The molecule has 1 aromatic carbocycles. The van der Waals surface area contributed by atoms with Crippen LogP contribution < -0.4 is 10.1 Å². The van der Waals surface area contributed by atoms with E-state index in [1.807, 2.05) is 42.6 Å². The third-order valence-corrected chi connectivity index (χ3v) is 4.03. The van der Waals surface area contributed by atoms with E-state index in [4.69, 9.17) is 4.74 Å². The van der Waals surface area contributed by atoms with Crippen LogP contribution in [0.3, 0.4) is 0 Å². The molecule has 1 N–H and O–H groups in total. The van der Waals surface area contributed by atoms with E-state index in [0.717, 1.165) is 16.9 Å². The predicted octanol–water partition coefficient (Wildman–Crippen LogP) is 3.64. The molecule has 0 aliphatic rings. The molecule has 0 radical (unpaired) electrons. The first-order chi connectivity index (χ1) is 12.9. The summed E-state index contributed by atoms with van der Waals surface area (Å²) >= 11 is 0. The lowest BCUT2D eigenvalue weighted by Gasteiger charge is -2.22. The Bertz CT molecular complexity index is 898. The summed E-state index contributed by atoms with van der Waals surface area (Å²) in [5.41, 5.74) is 2.05. The van der Waals surface area contributed by atoms with Crippen molar-refractivity contribution in [2.45, 2.75) is 32.7 Å². The van der Waals surface area contributed by atoms with E-state index in [1.54, 1.807) is 23.1 Å². The van der Waals surface area contributed by atoms with Crippen molar-refractivity contribution in [3.63, 3.8) is 0 Å². The highest BCUT2D eigenvalue weighted by Gasteiger charge is 2.19. The predicted molar refractivity (Wildman–Crippen MR) is 105 cm³/mol. The van der Waals surface area contributed by atoms with Gasteiger partial charge >= 0.3 is 0 Å². The molecule has 0 spiro atoms. The Morgan fingerprint density at radius 1 is 1.15 bits per heavy atom. The Labute approximate surface area is 159 Å². The summed E-state index contributed by atoms with van der Waals surface area (Å²) in [7, 11) is 0. The average Bonchev–Trinajstić information content (AvgIpc) is 3.07. The van der Waals surface area contributed by atoms with Gasteiger partial charge in [0.25, 0.3) is 5.91 Å². The van der Waals surface area contributed by atoms with Gasteiger partial charge in [-0.25, -0.2) is 0 Å². The molecule has 0 saturated carbocycles. The number of benzene rings is 1. The molecule has 0 aliphatic heterocycles. The van der Waals surface area contributed by atoms with Crippen LogP contribution >= 0.6 is 0 Å². The molecule has 6 heteroatoms. The minimum atomic E-state index is -0.245. The second-order valence-electron chi connectivity index (χ2n) is 7.34. The number of aromatic nitrogens is 3. The van der Waals surface area contributed by atoms with Gasteiger partial charge in [0.05, 0.1) is 6.54 Å². The summed E-state index contributed by atoms with van der Waals surface area (Å²) in [5.74, 6) is 0.976. The Balaban J connectivity index is 1.56. The molecule has 0 bridgehead atoms. The van der Waals surface area contributed by atoms with Crippen molar-refractivity contribution >= 4 is 11.7 Å². The largest absolute Gasteiger partial charge is 0.483 e. The molecule has 0 saturated heterocycles. The lowest BCUT2D eigenvalue weighted by Crippen LogP contribution is -2.22. The molecule has 140 valence electrons. The first-order valence-corrected chi connectivity index (χ1v) is 8.86. The number of ether oxygens (including phenoxy) is 1. The lowest BCUT2D eigenvalue weighted by molar-refractivity contribution is -0.118. The number of hydrogen-bond donors (Lipinski definition) is 1. The molecule has 27 heavy (non-hydrogen) atoms. The van der Waals surface area contributed by atoms with Crippen molar-refractivity contribution in [3.8, 4) is 5.75 Å². The zero-order valence-electron chi connectivity index (χ0n) is 15.8. The van der Waals surface area contributed by atoms with Crippen LogP contribution in [0.4, 0.5) is 5.82 Å². The molecule has 1 amide bonds. The van der Waals surface area contributed by atoms with Crippen molar-refractivity contribution in [2.75, 3.05) is 11.9 Å². The number of para-hydroxylation sites is 1. The van der Waals surface area contributed by atoms with E-state index in [2.05, 4.69) is 36.2 Å². The van der Waals surface area contributed by atoms with Gasteiger partial charge in [-0.15, -0.1) is 0 Å². The first kappa shape index (κ1) is 18.6. The quantitative estimate of drug-likeness (QED) is 0.725. The third-order valence-electron chi connectivity index (χ3n) is 4.03. The number of rotatable bonds is 6. The van der Waals surface area contributed by atoms with Crippen LogP contribution in [0.15, 0.2) is 61.1 Å². The standard InChI is InChI=1S/C21H24N4O2/c1-21(2,3)17-8-4-5-9-18(17)27-15-20(26)23-19-10-12-25(24-19)14-16-7-6-11-22-13-16/h4-13H,14-15H2,1-3H3,(H,23,24,26). The Hall–Kier alpha value is -3.15. The van der Waals surface area contributed by atoms with Crippen LogP contribution in [0.1, 0.15) is 31.9 Å². The summed E-state index contributed by atoms with van der Waals surface area (Å²) in [6, 6.07) is 13.4. The molecule has 3 rings (SSSR count). The van der Waals surface area contributed by atoms with E-state index in [1.165, 1.54) is 0 Å². The monoisotopic (exact) mass is 364 g/mol. The van der Waals surface area contributed by atoms with Crippen LogP contribution in [-0.2, 0) is 16.8 Å². The van der Waals surface area contributed by atoms with Gasteiger partial charge in [-0.3, -0.25) is 14.5 Å². The van der Waals surface area contributed by atoms with Crippen molar-refractivity contribution < 1.29 is 9.53 Å². The maximum atomic E-state index is 12.2. The van der Waals surface area contributed by atoms with Gasteiger partial charge in [0.2, 0.25) is 0 Å². The van der Waals surface area contributed by atoms with Crippen molar-refractivity contribution in [2.24, 2.45) is 0 Å². The normalized spacial score (nSPS) is 11.2. The van der Waals surface area contributed by atoms with E-state index in [-0.39, 0.29) is 17.9 Å². The summed E-state index contributed by atoms with van der Waals surface area (Å²) in [6.45, 7) is 6.88. The first-order valence-electron chi connectivity index (χ1n) is 8.86. The fraction of sp³-hybridized carbons (Fsp3) is 0.286. The molecule has 0 fully saturated rings.